The van der Waals surface area contributed by atoms with Crippen LogP contribution in [0.2, 0.25) is 0 Å². The topological polar surface area (TPSA) is 153 Å². The number of hydrogen-bond donors (Lipinski definition) is 6. The van der Waals surface area contributed by atoms with Crippen LogP contribution in [0.5, 0.6) is 23.0 Å². The molecule has 1 saturated carbocycles. The van der Waals surface area contributed by atoms with Gasteiger partial charge in [0.15, 0.2) is 5.76 Å². The zero-order valence-corrected chi connectivity index (χ0v) is 39.9. The van der Waals surface area contributed by atoms with Crippen LogP contribution in [0.25, 0.3) is 22.3 Å². The number of rotatable bonds is 9. The Bertz CT molecular complexity index is 2430. The van der Waals surface area contributed by atoms with Gasteiger partial charge < -0.3 is 40.0 Å². The highest BCUT2D eigenvalue weighted by Gasteiger charge is 2.30. The number of fused-ring (bicyclic) bond motifs is 4. The predicted octanol–water partition coefficient (Wildman–Crippen LogP) is 11.1. The molecule has 0 radical (unpaired) electrons. The number of benzene rings is 4. The molecular formula is C51H61NO8S4. The lowest BCUT2D eigenvalue weighted by molar-refractivity contribution is 0.0190. The molecule has 0 spiro atoms. The van der Waals surface area contributed by atoms with E-state index in [1.807, 2.05) is 6.07 Å². The van der Waals surface area contributed by atoms with Crippen molar-refractivity contribution in [1.82, 2.24) is 5.32 Å². The van der Waals surface area contributed by atoms with Crippen molar-refractivity contribution in [2.24, 2.45) is 11.8 Å². The summed E-state index contributed by atoms with van der Waals surface area (Å²) in [5.41, 5.74) is 5.65. The average Bonchev–Trinajstić information content (AvgIpc) is 3.32. The van der Waals surface area contributed by atoms with Crippen LogP contribution in [-0.2, 0) is 25.0 Å². The summed E-state index contributed by atoms with van der Waals surface area (Å²) in [7, 11) is 6.73. The molecule has 64 heavy (non-hydrogen) atoms. The standard InChI is InChI=1S/C51H61NO8S4/c1-30(2)19-35-24-40(51-50(58)49(57)47-45(25-38(54)26-46(47)60-51)59-44-17-16-37(53)27-62-61-18-8-15-43(44)55)41-28-63-64-29-42(34-13-6-11-33(21-34)23-39(41)48(35)56)52-36-14-7-12-32(22-36)20-31-9-4-3-5-10-31/h3-6,9-11,13,21,24-26,30,32,36-37,42-44,52-56,58H,7-8,12,14-20,22-23,27-29H2,1-2H3. The second kappa shape index (κ2) is 21.9. The van der Waals surface area contributed by atoms with E-state index in [1.54, 1.807) is 43.2 Å². The van der Waals surface area contributed by atoms with E-state index in [1.165, 1.54) is 36.1 Å². The third kappa shape index (κ3) is 11.6. The lowest BCUT2D eigenvalue weighted by Crippen LogP contribution is -2.38. The molecule has 1 aliphatic carbocycles. The van der Waals surface area contributed by atoms with E-state index in [-0.39, 0.29) is 45.9 Å². The number of hydrogen-bond acceptors (Lipinski definition) is 13. The second-order valence-electron chi connectivity index (χ2n) is 18.2. The first-order valence-electron chi connectivity index (χ1n) is 22.8. The van der Waals surface area contributed by atoms with E-state index in [4.69, 9.17) is 9.15 Å². The maximum absolute atomic E-state index is 14.4. The van der Waals surface area contributed by atoms with Gasteiger partial charge in [0, 0.05) is 64.8 Å². The van der Waals surface area contributed by atoms with Gasteiger partial charge in [-0.3, -0.25) is 4.79 Å². The average molecular weight is 944 g/mol. The Labute approximate surface area is 392 Å². The van der Waals surface area contributed by atoms with Gasteiger partial charge in [-0.1, -0.05) is 124 Å². The maximum atomic E-state index is 14.4. The Hall–Kier alpha value is -3.43. The third-order valence-corrected chi connectivity index (χ3v) is 17.7. The van der Waals surface area contributed by atoms with Crippen LogP contribution >= 0.6 is 43.2 Å². The molecule has 1 saturated heterocycles. The Morgan fingerprint density at radius 1 is 0.828 bits per heavy atom. The molecule has 2 fully saturated rings. The van der Waals surface area contributed by atoms with E-state index >= 15 is 0 Å². The van der Waals surface area contributed by atoms with Gasteiger partial charge in [-0.05, 0) is 97.1 Å². The molecule has 2 aliphatic heterocycles. The number of aromatic hydroxyl groups is 3. The van der Waals surface area contributed by atoms with Crippen molar-refractivity contribution in [2.45, 2.75) is 121 Å². The molecule has 2 bridgehead atoms. The largest absolute Gasteiger partial charge is 0.508 e. The Morgan fingerprint density at radius 3 is 2.48 bits per heavy atom. The normalized spacial score (nSPS) is 23.8. The minimum atomic E-state index is -0.881. The molecule has 13 heteroatoms. The molecule has 0 amide bonds. The minimum Gasteiger partial charge on any atom is -0.508 e. The summed E-state index contributed by atoms with van der Waals surface area (Å²) in [6, 6.07) is 24.5. The fourth-order valence-electron chi connectivity index (χ4n) is 9.61. The summed E-state index contributed by atoms with van der Waals surface area (Å²) in [6.07, 6.45) is 6.51. The van der Waals surface area contributed by atoms with Crippen molar-refractivity contribution in [3.05, 3.63) is 116 Å². The van der Waals surface area contributed by atoms with Crippen LogP contribution in [0.3, 0.4) is 0 Å². The number of phenolic OH excluding ortho intramolecular Hbond substituents is 2. The van der Waals surface area contributed by atoms with Gasteiger partial charge in [-0.15, -0.1) is 0 Å². The van der Waals surface area contributed by atoms with Crippen LogP contribution < -0.4 is 15.5 Å². The summed E-state index contributed by atoms with van der Waals surface area (Å²) >= 11 is 0. The van der Waals surface area contributed by atoms with Gasteiger partial charge in [0.05, 0.1) is 12.2 Å². The summed E-state index contributed by atoms with van der Waals surface area (Å²) < 4.78 is 12.9. The zero-order valence-electron chi connectivity index (χ0n) is 36.7. The fraction of sp³-hybridized carbons (Fsp3) is 0.471. The van der Waals surface area contributed by atoms with Crippen molar-refractivity contribution < 1.29 is 34.7 Å². The highest BCUT2D eigenvalue weighted by molar-refractivity contribution is 8.76. The van der Waals surface area contributed by atoms with Gasteiger partial charge in [-0.2, -0.15) is 0 Å². The van der Waals surface area contributed by atoms with E-state index < -0.39 is 29.5 Å². The molecule has 3 aliphatic rings. The number of ether oxygens (including phenoxy) is 1. The summed E-state index contributed by atoms with van der Waals surface area (Å²) in [6.45, 7) is 4.17. The van der Waals surface area contributed by atoms with Crippen molar-refractivity contribution in [3.63, 3.8) is 0 Å². The number of phenols is 2. The molecule has 1 aromatic heterocycles. The molecule has 6 unspecified atom stereocenters. The first kappa shape index (κ1) is 47.1. The number of nitrogens with one attached hydrogen (secondary N) is 1. The SMILES string of the molecule is CC(C)Cc1cc(-c2oc3cc(O)cc(OC4CCC(O)CSSCCCC4O)c3c(=O)c2O)c2c(c1O)Cc1cccc(c1)C(NC1CCCC(Cc3ccccc3)C1)CSSC2. The molecular weight excluding hydrogens is 883 g/mol. The lowest BCUT2D eigenvalue weighted by atomic mass is 9.81. The molecule has 8 rings (SSSR count). The molecule has 342 valence electrons. The fourth-order valence-corrected chi connectivity index (χ4v) is 14.3. The summed E-state index contributed by atoms with van der Waals surface area (Å²) in [4.78, 5) is 14.4. The lowest BCUT2D eigenvalue weighted by Gasteiger charge is -2.33. The number of aliphatic hydroxyl groups is 2. The van der Waals surface area contributed by atoms with Gasteiger partial charge in [-0.25, -0.2) is 0 Å². The molecule has 3 heterocycles. The molecule has 5 aromatic rings. The van der Waals surface area contributed by atoms with Gasteiger partial charge in [0.25, 0.3) is 0 Å². The molecule has 6 atom stereocenters. The monoisotopic (exact) mass is 943 g/mol. The summed E-state index contributed by atoms with van der Waals surface area (Å²) in [5, 5.41) is 60.9. The quantitative estimate of drug-likeness (QED) is 0.0778. The Morgan fingerprint density at radius 2 is 1.66 bits per heavy atom. The van der Waals surface area contributed by atoms with E-state index in [0.29, 0.717) is 66.7 Å². The Kier molecular flexibility index (Phi) is 16.1. The van der Waals surface area contributed by atoms with Gasteiger partial charge >= 0.3 is 0 Å². The maximum Gasteiger partial charge on any atom is 0.238 e. The first-order valence-corrected chi connectivity index (χ1v) is 27.8. The van der Waals surface area contributed by atoms with Crippen LogP contribution in [0.15, 0.2) is 82.0 Å². The van der Waals surface area contributed by atoms with E-state index in [2.05, 4.69) is 73.8 Å². The van der Waals surface area contributed by atoms with Gasteiger partial charge in [0.2, 0.25) is 11.2 Å². The first-order chi connectivity index (χ1) is 31.0. The smallest absolute Gasteiger partial charge is 0.238 e. The van der Waals surface area contributed by atoms with Crippen LogP contribution in [0.4, 0.5) is 0 Å². The second-order valence-corrected chi connectivity index (χ2v) is 23.4. The molecule has 6 N–H and O–H groups in total. The third-order valence-electron chi connectivity index (χ3n) is 12.8. The minimum absolute atomic E-state index is 0.0109. The van der Waals surface area contributed by atoms with E-state index in [0.717, 1.165) is 53.9 Å². The van der Waals surface area contributed by atoms with Crippen LogP contribution in [0.1, 0.15) is 105 Å². The highest BCUT2D eigenvalue weighted by atomic mass is 33.1. The van der Waals surface area contributed by atoms with Crippen LogP contribution in [0, 0.1) is 11.8 Å². The number of aliphatic hydroxyl groups excluding tert-OH is 2. The highest BCUT2D eigenvalue weighted by Crippen LogP contribution is 2.46. The Balaban J connectivity index is 1.13. The van der Waals surface area contributed by atoms with Crippen molar-refractivity contribution in [1.29, 1.82) is 0 Å². The predicted molar refractivity (Wildman–Crippen MR) is 266 cm³/mol. The molecule has 4 aromatic carbocycles. The van der Waals surface area contributed by atoms with E-state index in [9.17, 15) is 30.3 Å². The van der Waals surface area contributed by atoms with Crippen molar-refractivity contribution in [3.8, 4) is 34.3 Å². The van der Waals surface area contributed by atoms with Crippen LogP contribution in [-0.4, -0.2) is 67.1 Å². The zero-order chi connectivity index (χ0) is 44.7. The van der Waals surface area contributed by atoms with Gasteiger partial charge in [0.1, 0.15) is 34.3 Å². The van der Waals surface area contributed by atoms with Crippen molar-refractivity contribution in [2.75, 3.05) is 17.3 Å². The molecule has 9 nitrogen and oxygen atoms in total. The van der Waals surface area contributed by atoms with Crippen molar-refractivity contribution >= 4 is 54.1 Å². The summed E-state index contributed by atoms with van der Waals surface area (Å²) in [5.74, 6) is 2.84.